The standard InChI is InChI=1S/C25H23ClN2O3/c26-20-8-5-6-17(12-20)16-31-24-11-4-1-7-18(24)14-28-23(25(29)30)13-19-15-27-22-10-3-2-9-21(19)22/h1-12,15,23,27-28H,13-14,16H2,(H,29,30)/t23-/m1/s1. The smallest absolute Gasteiger partial charge is 0.321 e. The van der Waals surface area contributed by atoms with Gasteiger partial charge in [0.05, 0.1) is 0 Å². The molecule has 0 fully saturated rings. The van der Waals surface area contributed by atoms with E-state index in [2.05, 4.69) is 10.3 Å². The lowest BCUT2D eigenvalue weighted by molar-refractivity contribution is -0.139. The molecular formula is C25H23ClN2O3. The second-order valence-corrected chi connectivity index (χ2v) is 7.80. The van der Waals surface area contributed by atoms with Crippen molar-refractivity contribution in [1.82, 2.24) is 10.3 Å². The zero-order valence-electron chi connectivity index (χ0n) is 16.8. The second kappa shape index (κ2) is 9.69. The summed E-state index contributed by atoms with van der Waals surface area (Å²) < 4.78 is 5.98. The van der Waals surface area contributed by atoms with Crippen molar-refractivity contribution in [3.63, 3.8) is 0 Å². The predicted molar refractivity (Wildman–Crippen MR) is 122 cm³/mol. The highest BCUT2D eigenvalue weighted by molar-refractivity contribution is 6.30. The fraction of sp³-hybridized carbons (Fsp3) is 0.160. The number of aromatic amines is 1. The van der Waals surface area contributed by atoms with Gasteiger partial charge in [-0.2, -0.15) is 0 Å². The molecule has 1 aromatic heterocycles. The molecule has 0 radical (unpaired) electrons. The molecule has 0 unspecified atom stereocenters. The number of benzene rings is 3. The minimum Gasteiger partial charge on any atom is -0.489 e. The summed E-state index contributed by atoms with van der Waals surface area (Å²) in [6.45, 7) is 0.764. The van der Waals surface area contributed by atoms with Gasteiger partial charge in [0.2, 0.25) is 0 Å². The summed E-state index contributed by atoms with van der Waals surface area (Å²) in [5, 5.41) is 14.6. The van der Waals surface area contributed by atoms with Gasteiger partial charge in [-0.25, -0.2) is 0 Å². The fourth-order valence-corrected chi connectivity index (χ4v) is 3.79. The average Bonchev–Trinajstić information content (AvgIpc) is 3.18. The predicted octanol–water partition coefficient (Wildman–Crippen LogP) is 5.19. The minimum absolute atomic E-state index is 0.380. The Balaban J connectivity index is 1.43. The van der Waals surface area contributed by atoms with Gasteiger partial charge in [0.15, 0.2) is 0 Å². The Labute approximate surface area is 185 Å². The van der Waals surface area contributed by atoms with E-state index in [0.717, 1.165) is 27.6 Å². The number of aromatic nitrogens is 1. The van der Waals surface area contributed by atoms with E-state index in [1.54, 1.807) is 0 Å². The van der Waals surface area contributed by atoms with Gasteiger partial charge < -0.3 is 14.8 Å². The monoisotopic (exact) mass is 434 g/mol. The Hall–Kier alpha value is -3.28. The van der Waals surface area contributed by atoms with E-state index in [9.17, 15) is 9.90 Å². The third kappa shape index (κ3) is 5.26. The van der Waals surface area contributed by atoms with Crippen LogP contribution in [0.5, 0.6) is 5.75 Å². The maximum absolute atomic E-state index is 11.9. The zero-order chi connectivity index (χ0) is 21.6. The number of halogens is 1. The van der Waals surface area contributed by atoms with Crippen LogP contribution in [0.3, 0.4) is 0 Å². The second-order valence-electron chi connectivity index (χ2n) is 7.36. The van der Waals surface area contributed by atoms with Gasteiger partial charge >= 0.3 is 5.97 Å². The van der Waals surface area contributed by atoms with Crippen molar-refractivity contribution >= 4 is 28.5 Å². The van der Waals surface area contributed by atoms with Gasteiger partial charge in [-0.05, 0) is 35.4 Å². The molecule has 0 saturated carbocycles. The minimum atomic E-state index is -0.886. The average molecular weight is 435 g/mol. The number of carbonyl (C=O) groups is 1. The van der Waals surface area contributed by atoms with Gasteiger partial charge in [-0.1, -0.05) is 60.1 Å². The highest BCUT2D eigenvalue weighted by atomic mass is 35.5. The normalized spacial score (nSPS) is 12.0. The van der Waals surface area contributed by atoms with Gasteiger partial charge in [0.25, 0.3) is 0 Å². The molecule has 6 heteroatoms. The molecule has 0 aliphatic rings. The molecule has 0 aliphatic carbocycles. The number of rotatable bonds is 9. The van der Waals surface area contributed by atoms with Crippen molar-refractivity contribution in [2.75, 3.05) is 0 Å². The topological polar surface area (TPSA) is 74.3 Å². The molecule has 4 rings (SSSR count). The number of ether oxygens (including phenoxy) is 1. The number of hydrogen-bond donors (Lipinski definition) is 3. The van der Waals surface area contributed by atoms with Crippen molar-refractivity contribution < 1.29 is 14.6 Å². The van der Waals surface area contributed by atoms with E-state index in [1.807, 2.05) is 79.0 Å². The Bertz CT molecular complexity index is 1190. The van der Waals surface area contributed by atoms with Crippen molar-refractivity contribution in [2.24, 2.45) is 0 Å². The number of fused-ring (bicyclic) bond motifs is 1. The molecule has 0 amide bonds. The van der Waals surface area contributed by atoms with Gasteiger partial charge in [0.1, 0.15) is 18.4 Å². The quantitative estimate of drug-likeness (QED) is 0.339. The maximum atomic E-state index is 11.9. The Kier molecular flexibility index (Phi) is 6.55. The highest BCUT2D eigenvalue weighted by Gasteiger charge is 2.20. The summed E-state index contributed by atoms with van der Waals surface area (Å²) >= 11 is 6.04. The summed E-state index contributed by atoms with van der Waals surface area (Å²) in [5.74, 6) is -0.172. The summed E-state index contributed by atoms with van der Waals surface area (Å²) in [7, 11) is 0. The lowest BCUT2D eigenvalue weighted by Gasteiger charge is -2.16. The molecular weight excluding hydrogens is 412 g/mol. The van der Waals surface area contributed by atoms with Crippen LogP contribution in [0.4, 0.5) is 0 Å². The lowest BCUT2D eigenvalue weighted by atomic mass is 10.0. The first-order valence-corrected chi connectivity index (χ1v) is 10.4. The number of hydrogen-bond acceptors (Lipinski definition) is 3. The Morgan fingerprint density at radius 2 is 1.84 bits per heavy atom. The van der Waals surface area contributed by atoms with Gasteiger partial charge in [-0.15, -0.1) is 0 Å². The van der Waals surface area contributed by atoms with Crippen LogP contribution in [-0.2, 0) is 24.4 Å². The van der Waals surface area contributed by atoms with Crippen LogP contribution < -0.4 is 10.1 Å². The fourth-order valence-electron chi connectivity index (χ4n) is 3.58. The summed E-state index contributed by atoms with van der Waals surface area (Å²) in [6.07, 6.45) is 2.26. The van der Waals surface area contributed by atoms with Gasteiger partial charge in [0, 0.05) is 40.7 Å². The first-order valence-electron chi connectivity index (χ1n) is 10.1. The van der Waals surface area contributed by atoms with Crippen LogP contribution >= 0.6 is 11.6 Å². The molecule has 31 heavy (non-hydrogen) atoms. The molecule has 5 nitrogen and oxygen atoms in total. The molecule has 1 heterocycles. The van der Waals surface area contributed by atoms with Crippen LogP contribution in [0.1, 0.15) is 16.7 Å². The summed E-state index contributed by atoms with van der Waals surface area (Å²) in [6, 6.07) is 22.3. The number of carboxylic acids is 1. The molecule has 1 atom stereocenters. The number of nitrogens with one attached hydrogen (secondary N) is 2. The number of aliphatic carboxylic acids is 1. The lowest BCUT2D eigenvalue weighted by Crippen LogP contribution is -2.38. The van der Waals surface area contributed by atoms with Crippen LogP contribution in [0.15, 0.2) is 79.0 Å². The maximum Gasteiger partial charge on any atom is 0.321 e. The van der Waals surface area contributed by atoms with E-state index >= 15 is 0 Å². The molecule has 0 saturated heterocycles. The zero-order valence-corrected chi connectivity index (χ0v) is 17.6. The third-order valence-electron chi connectivity index (χ3n) is 5.19. The summed E-state index contributed by atoms with van der Waals surface area (Å²) in [4.78, 5) is 15.1. The van der Waals surface area contributed by atoms with E-state index in [0.29, 0.717) is 30.3 Å². The largest absolute Gasteiger partial charge is 0.489 e. The van der Waals surface area contributed by atoms with Crippen LogP contribution in [0, 0.1) is 0 Å². The molecule has 0 bridgehead atoms. The van der Waals surface area contributed by atoms with Crippen LogP contribution in [0.25, 0.3) is 10.9 Å². The number of H-pyrrole nitrogens is 1. The summed E-state index contributed by atoms with van der Waals surface area (Å²) in [5.41, 5.74) is 3.84. The SMILES string of the molecule is O=C(O)[C@@H](Cc1c[nH]c2ccccc12)NCc1ccccc1OCc1cccc(Cl)c1. The van der Waals surface area contributed by atoms with Crippen LogP contribution in [-0.4, -0.2) is 22.1 Å². The number of para-hydroxylation sites is 2. The van der Waals surface area contributed by atoms with E-state index in [-0.39, 0.29) is 0 Å². The molecule has 0 spiro atoms. The van der Waals surface area contributed by atoms with E-state index < -0.39 is 12.0 Å². The van der Waals surface area contributed by atoms with Crippen molar-refractivity contribution in [1.29, 1.82) is 0 Å². The highest BCUT2D eigenvalue weighted by Crippen LogP contribution is 2.22. The first kappa shape index (κ1) is 21.0. The molecule has 158 valence electrons. The third-order valence-corrected chi connectivity index (χ3v) is 5.43. The molecule has 3 aromatic carbocycles. The van der Waals surface area contributed by atoms with E-state index in [1.165, 1.54) is 0 Å². The van der Waals surface area contributed by atoms with E-state index in [4.69, 9.17) is 16.3 Å². The van der Waals surface area contributed by atoms with Crippen molar-refractivity contribution in [3.05, 3.63) is 101 Å². The molecule has 3 N–H and O–H groups in total. The Morgan fingerprint density at radius 3 is 2.68 bits per heavy atom. The van der Waals surface area contributed by atoms with Crippen molar-refractivity contribution in [2.45, 2.75) is 25.6 Å². The Morgan fingerprint density at radius 1 is 1.03 bits per heavy atom. The molecule has 0 aliphatic heterocycles. The first-order chi connectivity index (χ1) is 15.1. The van der Waals surface area contributed by atoms with Gasteiger partial charge in [-0.3, -0.25) is 10.1 Å². The molecule has 4 aromatic rings. The van der Waals surface area contributed by atoms with Crippen molar-refractivity contribution in [3.8, 4) is 5.75 Å². The number of carboxylic acid groups (broad SMARTS) is 1. The van der Waals surface area contributed by atoms with Crippen LogP contribution in [0.2, 0.25) is 5.02 Å².